The summed E-state index contributed by atoms with van der Waals surface area (Å²) in [7, 11) is 1.59. The molecule has 8 nitrogen and oxygen atoms in total. The molecule has 0 spiro atoms. The molecular weight excluding hydrogens is 364 g/mol. The highest BCUT2D eigenvalue weighted by Gasteiger charge is 2.31. The van der Waals surface area contributed by atoms with Crippen LogP contribution >= 0.6 is 0 Å². The Morgan fingerprint density at radius 3 is 2.43 bits per heavy atom. The topological polar surface area (TPSA) is 103 Å². The molecule has 0 aromatic heterocycles. The van der Waals surface area contributed by atoms with E-state index < -0.39 is 24.0 Å². The van der Waals surface area contributed by atoms with E-state index in [-0.39, 0.29) is 30.9 Å². The summed E-state index contributed by atoms with van der Waals surface area (Å²) in [6.07, 6.45) is 1.20. The van der Waals surface area contributed by atoms with Crippen molar-refractivity contribution in [3.05, 3.63) is 41.1 Å². The number of carbonyl (C=O) groups is 3. The van der Waals surface area contributed by atoms with E-state index in [9.17, 15) is 14.4 Å². The normalized spacial score (nSPS) is 16.1. The highest BCUT2D eigenvalue weighted by molar-refractivity contribution is 5.94. The van der Waals surface area contributed by atoms with Crippen LogP contribution in [0.1, 0.15) is 32.3 Å². The Bertz CT molecular complexity index is 742. The Hall–Kier alpha value is -3.03. The summed E-state index contributed by atoms with van der Waals surface area (Å²) in [5.74, 6) is -0.213. The molecule has 2 N–H and O–H groups in total. The lowest BCUT2D eigenvalue weighted by molar-refractivity contribution is -0.143. The van der Waals surface area contributed by atoms with Gasteiger partial charge in [0.25, 0.3) is 0 Å². The molecular formula is C20H26N2O6. The smallest absolute Gasteiger partial charge is 0.338 e. The number of benzene rings is 1. The number of methoxy groups -OCH3 is 1. The fraction of sp³-hybridized carbons (Fsp3) is 0.450. The van der Waals surface area contributed by atoms with Crippen LogP contribution in [0.15, 0.2) is 35.5 Å². The lowest BCUT2D eigenvalue weighted by Gasteiger charge is -2.28. The minimum absolute atomic E-state index is 0.178. The maximum absolute atomic E-state index is 12.3. The van der Waals surface area contributed by atoms with Gasteiger partial charge in [-0.2, -0.15) is 0 Å². The maximum Gasteiger partial charge on any atom is 0.338 e. The molecule has 1 aromatic rings. The number of carbonyl (C=O) groups excluding carboxylic acids is 3. The summed E-state index contributed by atoms with van der Waals surface area (Å²) >= 11 is 0. The summed E-state index contributed by atoms with van der Waals surface area (Å²) in [4.78, 5) is 36.2. The molecule has 0 fully saturated rings. The summed E-state index contributed by atoms with van der Waals surface area (Å²) in [5.41, 5.74) is 1.52. The number of urea groups is 1. The molecule has 0 radical (unpaired) electrons. The van der Waals surface area contributed by atoms with E-state index in [0.29, 0.717) is 12.8 Å². The average Bonchev–Trinajstić information content (AvgIpc) is 2.70. The summed E-state index contributed by atoms with van der Waals surface area (Å²) in [6.45, 7) is 3.56. The molecule has 8 heteroatoms. The number of rotatable bonds is 9. The zero-order chi connectivity index (χ0) is 20.5. The Kier molecular flexibility index (Phi) is 7.86. The first-order valence-electron chi connectivity index (χ1n) is 9.24. The first kappa shape index (κ1) is 21.3. The van der Waals surface area contributed by atoms with Crippen molar-refractivity contribution < 1.29 is 28.6 Å². The molecule has 0 saturated carbocycles. The molecule has 2 rings (SSSR count). The highest BCUT2D eigenvalue weighted by Crippen LogP contribution is 2.18. The van der Waals surface area contributed by atoms with Crippen LogP contribution in [0.5, 0.6) is 5.75 Å². The maximum atomic E-state index is 12.3. The number of hydrogen-bond acceptors (Lipinski definition) is 6. The summed E-state index contributed by atoms with van der Waals surface area (Å²) < 4.78 is 15.4. The minimum atomic E-state index is -0.536. The monoisotopic (exact) mass is 390 g/mol. The van der Waals surface area contributed by atoms with E-state index in [0.717, 1.165) is 11.3 Å². The summed E-state index contributed by atoms with van der Waals surface area (Å²) in [6, 6.07) is 6.49. The van der Waals surface area contributed by atoms with Crippen LogP contribution in [0.3, 0.4) is 0 Å². The van der Waals surface area contributed by atoms with Crippen LogP contribution in [-0.4, -0.2) is 44.3 Å². The van der Waals surface area contributed by atoms with Crippen molar-refractivity contribution in [3.63, 3.8) is 0 Å². The number of amides is 2. The molecule has 0 bridgehead atoms. The second kappa shape index (κ2) is 10.3. The van der Waals surface area contributed by atoms with Gasteiger partial charge in [-0.15, -0.1) is 0 Å². The van der Waals surface area contributed by atoms with Gasteiger partial charge in [0.05, 0.1) is 31.0 Å². The standard InChI is InChI=1S/C20H26N2O6/c1-4-15-18(19(24)27-5-2)16(22-20(25)21-15)12-28-17(23)11-8-13-6-9-14(26-3)10-7-13/h6-7,9-10,15H,4-5,8,11-12H2,1-3H3,(H2,21,22,25)/t15-/m1/s1. The van der Waals surface area contributed by atoms with Gasteiger partial charge in [0, 0.05) is 6.42 Å². The number of ether oxygens (including phenoxy) is 3. The first-order chi connectivity index (χ1) is 13.5. The van der Waals surface area contributed by atoms with Gasteiger partial charge in [-0.3, -0.25) is 4.79 Å². The fourth-order valence-corrected chi connectivity index (χ4v) is 2.84. The number of esters is 2. The molecule has 1 aromatic carbocycles. The Balaban J connectivity index is 1.98. The fourth-order valence-electron chi connectivity index (χ4n) is 2.84. The van der Waals surface area contributed by atoms with Crippen LogP contribution < -0.4 is 15.4 Å². The van der Waals surface area contributed by atoms with Gasteiger partial charge in [-0.05, 0) is 37.5 Å². The molecule has 1 aliphatic rings. The zero-order valence-electron chi connectivity index (χ0n) is 16.4. The van der Waals surface area contributed by atoms with Crippen molar-refractivity contribution in [1.82, 2.24) is 10.6 Å². The van der Waals surface area contributed by atoms with Crippen molar-refractivity contribution in [2.24, 2.45) is 0 Å². The molecule has 28 heavy (non-hydrogen) atoms. The van der Waals surface area contributed by atoms with Gasteiger partial charge < -0.3 is 24.8 Å². The Morgan fingerprint density at radius 1 is 1.11 bits per heavy atom. The van der Waals surface area contributed by atoms with E-state index in [1.165, 1.54) is 0 Å². The van der Waals surface area contributed by atoms with Crippen LogP contribution in [-0.2, 0) is 25.5 Å². The SMILES string of the molecule is CCOC(=O)C1=C(COC(=O)CCc2ccc(OC)cc2)NC(=O)N[C@@H]1CC. The predicted octanol–water partition coefficient (Wildman–Crippen LogP) is 2.08. The van der Waals surface area contributed by atoms with Gasteiger partial charge >= 0.3 is 18.0 Å². The highest BCUT2D eigenvalue weighted by atomic mass is 16.5. The Morgan fingerprint density at radius 2 is 1.82 bits per heavy atom. The number of aryl methyl sites for hydroxylation is 1. The van der Waals surface area contributed by atoms with Crippen molar-refractivity contribution in [2.75, 3.05) is 20.3 Å². The van der Waals surface area contributed by atoms with Crippen LogP contribution in [0.4, 0.5) is 4.79 Å². The van der Waals surface area contributed by atoms with Crippen LogP contribution in [0.25, 0.3) is 0 Å². The van der Waals surface area contributed by atoms with Crippen LogP contribution in [0.2, 0.25) is 0 Å². The van der Waals surface area contributed by atoms with E-state index in [2.05, 4.69) is 10.6 Å². The molecule has 1 heterocycles. The van der Waals surface area contributed by atoms with Crippen molar-refractivity contribution in [1.29, 1.82) is 0 Å². The molecule has 0 aliphatic carbocycles. The largest absolute Gasteiger partial charge is 0.497 e. The third-order valence-electron chi connectivity index (χ3n) is 4.30. The zero-order valence-corrected chi connectivity index (χ0v) is 16.4. The predicted molar refractivity (Wildman–Crippen MR) is 102 cm³/mol. The third-order valence-corrected chi connectivity index (χ3v) is 4.30. The van der Waals surface area contributed by atoms with Gasteiger partial charge in [0.2, 0.25) is 0 Å². The van der Waals surface area contributed by atoms with Gasteiger partial charge in [-0.25, -0.2) is 9.59 Å². The first-order valence-corrected chi connectivity index (χ1v) is 9.24. The van der Waals surface area contributed by atoms with E-state index in [4.69, 9.17) is 14.2 Å². The van der Waals surface area contributed by atoms with Gasteiger partial charge in [0.15, 0.2) is 0 Å². The van der Waals surface area contributed by atoms with Gasteiger partial charge in [-0.1, -0.05) is 19.1 Å². The van der Waals surface area contributed by atoms with Crippen molar-refractivity contribution in [2.45, 2.75) is 39.2 Å². The lowest BCUT2D eigenvalue weighted by atomic mass is 10.0. The van der Waals surface area contributed by atoms with E-state index in [1.807, 2.05) is 31.2 Å². The molecule has 0 saturated heterocycles. The number of nitrogens with one attached hydrogen (secondary N) is 2. The average molecular weight is 390 g/mol. The van der Waals surface area contributed by atoms with Crippen molar-refractivity contribution >= 4 is 18.0 Å². The second-order valence-corrected chi connectivity index (χ2v) is 6.18. The molecule has 1 aliphatic heterocycles. The summed E-state index contributed by atoms with van der Waals surface area (Å²) in [5, 5.41) is 5.22. The third kappa shape index (κ3) is 5.73. The molecule has 0 unspecified atom stereocenters. The van der Waals surface area contributed by atoms with E-state index >= 15 is 0 Å². The van der Waals surface area contributed by atoms with Gasteiger partial charge in [0.1, 0.15) is 12.4 Å². The second-order valence-electron chi connectivity index (χ2n) is 6.18. The molecule has 2 amide bonds. The lowest BCUT2D eigenvalue weighted by Crippen LogP contribution is -2.51. The molecule has 1 atom stereocenters. The number of hydrogen-bond donors (Lipinski definition) is 2. The van der Waals surface area contributed by atoms with Crippen LogP contribution in [0, 0.1) is 0 Å². The van der Waals surface area contributed by atoms with E-state index in [1.54, 1.807) is 14.0 Å². The Labute approximate surface area is 164 Å². The quantitative estimate of drug-likeness (QED) is 0.626. The molecule has 152 valence electrons. The minimum Gasteiger partial charge on any atom is -0.497 e. The van der Waals surface area contributed by atoms with Crippen molar-refractivity contribution in [3.8, 4) is 5.75 Å².